The molecule has 1 aliphatic heterocycles. The van der Waals surface area contributed by atoms with Gasteiger partial charge in [-0.15, -0.1) is 0 Å². The topological polar surface area (TPSA) is 95.6 Å². The number of carbonyl (C=O) groups is 1. The van der Waals surface area contributed by atoms with Crippen molar-refractivity contribution >= 4 is 28.0 Å². The molecule has 2 aliphatic rings. The first kappa shape index (κ1) is 18.9. The number of hydrogen-bond acceptors (Lipinski definition) is 6. The van der Waals surface area contributed by atoms with E-state index in [2.05, 4.69) is 10.3 Å². The van der Waals surface area contributed by atoms with Gasteiger partial charge >= 0.3 is 0 Å². The monoisotopic (exact) mass is 431 g/mol. The number of benzene rings is 2. The zero-order valence-electron chi connectivity index (χ0n) is 17.2. The van der Waals surface area contributed by atoms with E-state index in [1.165, 1.54) is 10.9 Å². The van der Waals surface area contributed by atoms with Crippen molar-refractivity contribution < 1.29 is 18.7 Å². The fourth-order valence-electron chi connectivity index (χ4n) is 4.26. The Morgan fingerprint density at radius 3 is 2.78 bits per heavy atom. The van der Waals surface area contributed by atoms with Gasteiger partial charge in [0, 0.05) is 5.39 Å². The van der Waals surface area contributed by atoms with Crippen LogP contribution in [0.4, 0.5) is 0 Å². The van der Waals surface area contributed by atoms with Gasteiger partial charge in [0.25, 0.3) is 5.56 Å². The van der Waals surface area contributed by atoms with Gasteiger partial charge in [-0.2, -0.15) is 0 Å². The van der Waals surface area contributed by atoms with Crippen LogP contribution >= 0.6 is 0 Å². The van der Waals surface area contributed by atoms with E-state index in [1.54, 1.807) is 6.07 Å². The van der Waals surface area contributed by atoms with E-state index in [4.69, 9.17) is 13.9 Å². The van der Waals surface area contributed by atoms with Crippen LogP contribution in [0.3, 0.4) is 0 Å². The molecule has 6 rings (SSSR count). The molecule has 8 nitrogen and oxygen atoms in total. The molecule has 162 valence electrons. The Morgan fingerprint density at radius 1 is 1.12 bits per heavy atom. The molecule has 1 amide bonds. The Kier molecular flexibility index (Phi) is 4.38. The molecule has 32 heavy (non-hydrogen) atoms. The van der Waals surface area contributed by atoms with Gasteiger partial charge in [0.2, 0.25) is 11.5 Å². The molecule has 0 saturated heterocycles. The fraction of sp³-hybridized carbons (Fsp3) is 0.292. The lowest BCUT2D eigenvalue weighted by molar-refractivity contribution is -0.122. The van der Waals surface area contributed by atoms with Crippen molar-refractivity contribution in [1.82, 2.24) is 14.9 Å². The van der Waals surface area contributed by atoms with Crippen LogP contribution in [0, 0.1) is 5.92 Å². The van der Waals surface area contributed by atoms with Crippen LogP contribution < -0.4 is 20.3 Å². The Labute approximate surface area is 182 Å². The molecule has 8 heteroatoms. The fourth-order valence-corrected chi connectivity index (χ4v) is 4.26. The van der Waals surface area contributed by atoms with Crippen LogP contribution in [-0.4, -0.2) is 28.7 Å². The Morgan fingerprint density at radius 2 is 1.94 bits per heavy atom. The minimum absolute atomic E-state index is 0.132. The average molecular weight is 431 g/mol. The third kappa shape index (κ3) is 3.28. The number of ether oxygens (including phenoxy) is 2. The minimum Gasteiger partial charge on any atom is -0.486 e. The van der Waals surface area contributed by atoms with Gasteiger partial charge in [0.15, 0.2) is 11.5 Å². The van der Waals surface area contributed by atoms with Crippen LogP contribution in [0.1, 0.15) is 24.4 Å². The van der Waals surface area contributed by atoms with Crippen molar-refractivity contribution in [1.29, 1.82) is 0 Å². The van der Waals surface area contributed by atoms with Gasteiger partial charge in [-0.1, -0.05) is 18.2 Å². The summed E-state index contributed by atoms with van der Waals surface area (Å²) in [6, 6.07) is 13.0. The lowest BCUT2D eigenvalue weighted by Gasteiger charge is -2.23. The standard InChI is InChI=1S/C24H21N3O5/c28-20(12-27-13-25-22-16-3-1-2-4-17(16)32-23(22)24(27)29)26-21(14-5-6-14)15-7-8-18-19(11-15)31-10-9-30-18/h1-4,7-8,11,13-14,21H,5-6,9-10,12H2,(H,26,28). The SMILES string of the molecule is O=C(Cn1cnc2c(oc3ccccc32)c1=O)NC(c1ccc2c(c1)OCCO2)C1CC1. The van der Waals surface area contributed by atoms with E-state index in [0.717, 1.165) is 29.5 Å². The maximum absolute atomic E-state index is 12.9. The van der Waals surface area contributed by atoms with Gasteiger partial charge in [-0.3, -0.25) is 14.2 Å². The second kappa shape index (κ2) is 7.40. The molecule has 1 atom stereocenters. The summed E-state index contributed by atoms with van der Waals surface area (Å²) in [6.07, 6.45) is 3.50. The number of amides is 1. The van der Waals surface area contributed by atoms with E-state index in [0.29, 0.717) is 36.0 Å². The number of nitrogens with zero attached hydrogens (tertiary/aromatic N) is 2. The summed E-state index contributed by atoms with van der Waals surface area (Å²) in [4.78, 5) is 30.2. The summed E-state index contributed by atoms with van der Waals surface area (Å²) in [5, 5.41) is 3.88. The van der Waals surface area contributed by atoms with E-state index in [1.807, 2.05) is 36.4 Å². The predicted octanol–water partition coefficient (Wildman–Crippen LogP) is 3.18. The molecule has 2 aromatic heterocycles. The van der Waals surface area contributed by atoms with Gasteiger partial charge in [-0.05, 0) is 48.6 Å². The zero-order chi connectivity index (χ0) is 21.7. The maximum atomic E-state index is 12.9. The second-order valence-electron chi connectivity index (χ2n) is 8.24. The number of carbonyl (C=O) groups excluding carboxylic acids is 1. The van der Waals surface area contributed by atoms with Crippen molar-refractivity contribution in [2.75, 3.05) is 13.2 Å². The Balaban J connectivity index is 1.25. The number of hydrogen-bond donors (Lipinski definition) is 1. The van der Waals surface area contributed by atoms with E-state index >= 15 is 0 Å². The zero-order valence-corrected chi connectivity index (χ0v) is 17.2. The number of aromatic nitrogens is 2. The summed E-state index contributed by atoms with van der Waals surface area (Å²) >= 11 is 0. The predicted molar refractivity (Wildman–Crippen MR) is 117 cm³/mol. The molecular formula is C24H21N3O5. The summed E-state index contributed by atoms with van der Waals surface area (Å²) in [6.45, 7) is 0.914. The van der Waals surface area contributed by atoms with Gasteiger partial charge in [0.05, 0.1) is 12.4 Å². The molecule has 0 radical (unpaired) electrons. The van der Waals surface area contributed by atoms with Crippen molar-refractivity contribution in [3.63, 3.8) is 0 Å². The molecule has 1 aliphatic carbocycles. The van der Waals surface area contributed by atoms with Crippen molar-refractivity contribution in [3.8, 4) is 11.5 Å². The molecular weight excluding hydrogens is 410 g/mol. The smallest absolute Gasteiger partial charge is 0.297 e. The van der Waals surface area contributed by atoms with Crippen LogP contribution in [0.5, 0.6) is 11.5 Å². The first-order chi connectivity index (χ1) is 15.7. The van der Waals surface area contributed by atoms with Crippen molar-refractivity contribution in [2.45, 2.75) is 25.4 Å². The largest absolute Gasteiger partial charge is 0.486 e. The molecule has 3 heterocycles. The van der Waals surface area contributed by atoms with Gasteiger partial charge in [0.1, 0.15) is 30.9 Å². The molecule has 1 fully saturated rings. The molecule has 1 saturated carbocycles. The normalized spacial score (nSPS) is 16.2. The average Bonchev–Trinajstić information content (AvgIpc) is 3.59. The lowest BCUT2D eigenvalue weighted by Crippen LogP contribution is -2.35. The number of furan rings is 1. The Hall–Kier alpha value is -3.81. The van der Waals surface area contributed by atoms with Gasteiger partial charge < -0.3 is 19.2 Å². The molecule has 4 aromatic rings. The van der Waals surface area contributed by atoms with Crippen LogP contribution in [0.2, 0.25) is 0 Å². The minimum atomic E-state index is -0.372. The quantitative estimate of drug-likeness (QED) is 0.522. The summed E-state index contributed by atoms with van der Waals surface area (Å²) in [7, 11) is 0. The molecule has 0 spiro atoms. The third-order valence-corrected chi connectivity index (χ3v) is 6.00. The van der Waals surface area contributed by atoms with Crippen molar-refractivity contribution in [3.05, 3.63) is 64.7 Å². The van der Waals surface area contributed by atoms with Crippen LogP contribution in [-0.2, 0) is 11.3 Å². The Bertz CT molecular complexity index is 1400. The number of fused-ring (bicyclic) bond motifs is 4. The third-order valence-electron chi connectivity index (χ3n) is 6.00. The highest BCUT2D eigenvalue weighted by Crippen LogP contribution is 2.43. The van der Waals surface area contributed by atoms with E-state index in [-0.39, 0.29) is 29.6 Å². The highest BCUT2D eigenvalue weighted by Gasteiger charge is 2.34. The number of nitrogens with one attached hydrogen (secondary N) is 1. The van der Waals surface area contributed by atoms with E-state index < -0.39 is 0 Å². The van der Waals surface area contributed by atoms with Crippen molar-refractivity contribution in [2.24, 2.45) is 5.92 Å². The summed E-state index contributed by atoms with van der Waals surface area (Å²) in [5.41, 5.74) is 1.87. The van der Waals surface area contributed by atoms with E-state index in [9.17, 15) is 9.59 Å². The highest BCUT2D eigenvalue weighted by molar-refractivity contribution is 6.01. The summed E-state index contributed by atoms with van der Waals surface area (Å²) in [5.74, 6) is 1.53. The lowest BCUT2D eigenvalue weighted by atomic mass is 10.0. The van der Waals surface area contributed by atoms with Gasteiger partial charge in [-0.25, -0.2) is 4.98 Å². The van der Waals surface area contributed by atoms with Crippen LogP contribution in [0.15, 0.2) is 58.0 Å². The first-order valence-electron chi connectivity index (χ1n) is 10.7. The first-order valence-corrected chi connectivity index (χ1v) is 10.7. The second-order valence-corrected chi connectivity index (χ2v) is 8.24. The number of rotatable bonds is 5. The highest BCUT2D eigenvalue weighted by atomic mass is 16.6. The molecule has 1 unspecified atom stereocenters. The molecule has 0 bridgehead atoms. The molecule has 1 N–H and O–H groups in total. The molecule has 2 aromatic carbocycles. The maximum Gasteiger partial charge on any atom is 0.297 e. The number of para-hydroxylation sites is 1. The summed E-state index contributed by atoms with van der Waals surface area (Å²) < 4.78 is 18.3. The van der Waals surface area contributed by atoms with Crippen LogP contribution in [0.25, 0.3) is 22.1 Å².